The zero-order chi connectivity index (χ0) is 86.1. The van der Waals surface area contributed by atoms with E-state index in [1.165, 1.54) is 51.1 Å². The average Bonchev–Trinajstić information content (AvgIpc) is 1.60. The number of ether oxygens (including phenoxy) is 2. The minimum absolute atomic E-state index is 0.0502. The predicted octanol–water partition coefficient (Wildman–Crippen LogP) is 15.1. The number of ketones is 3. The molecule has 0 aliphatic carbocycles. The normalized spacial score (nSPS) is 15.4. The lowest BCUT2D eigenvalue weighted by Crippen LogP contribution is -2.45. The van der Waals surface area contributed by atoms with Gasteiger partial charge in [0.25, 0.3) is 17.7 Å². The van der Waals surface area contributed by atoms with Gasteiger partial charge < -0.3 is 52.4 Å². The van der Waals surface area contributed by atoms with E-state index >= 15 is 0 Å². The predicted molar refractivity (Wildman–Crippen MR) is 461 cm³/mol. The maximum atomic E-state index is 13.6. The molecule has 3 saturated heterocycles. The number of nitrogens with two attached hydrogens (primary N) is 4. The van der Waals surface area contributed by atoms with Crippen LogP contribution in [0.3, 0.4) is 0 Å². The molecule has 26 nitrogen and oxygen atoms in total. The van der Waals surface area contributed by atoms with E-state index in [9.17, 15) is 47.9 Å². The molecule has 3 atom stereocenters. The number of hydrogen-bond acceptors (Lipinski definition) is 17. The Labute approximate surface area is 715 Å². The Balaban J connectivity index is 0.000000222. The number of carbonyl (C=O) groups excluding carboxylic acids is 10. The number of rotatable bonds is 24. The summed E-state index contributed by atoms with van der Waals surface area (Å²) in [6.07, 6.45) is -2.13. The highest BCUT2D eigenvalue weighted by atomic mass is 35.5. The van der Waals surface area contributed by atoms with Crippen molar-refractivity contribution in [1.82, 2.24) is 5.32 Å². The van der Waals surface area contributed by atoms with E-state index in [0.29, 0.717) is 60.9 Å². The molecule has 7 aromatic carbocycles. The van der Waals surface area contributed by atoms with Gasteiger partial charge in [-0.25, -0.2) is 24.1 Å². The minimum atomic E-state index is -1.32. The van der Waals surface area contributed by atoms with Gasteiger partial charge >= 0.3 is 12.1 Å². The Morgan fingerprint density at radius 3 is 1.15 bits per heavy atom. The zero-order valence-electron chi connectivity index (χ0n) is 63.7. The second-order valence-corrected chi connectivity index (χ2v) is 32.6. The molecule has 0 radical (unpaired) electrons. The molecule has 602 valence electrons. The number of nitrogens with one attached hydrogen (secondary N) is 1. The highest BCUT2D eigenvalue weighted by Gasteiger charge is 2.53. The van der Waals surface area contributed by atoms with E-state index in [1.54, 1.807) is 174 Å². The Morgan fingerprint density at radius 2 is 0.819 bits per heavy atom. The van der Waals surface area contributed by atoms with Gasteiger partial charge in [-0.15, -0.1) is 0 Å². The van der Waals surface area contributed by atoms with E-state index < -0.39 is 82.2 Å². The lowest BCUT2D eigenvalue weighted by molar-refractivity contribution is -0.148. The highest BCUT2D eigenvalue weighted by molar-refractivity contribution is 7.81. The van der Waals surface area contributed by atoms with Crippen LogP contribution in [-0.4, -0.2) is 115 Å². The fourth-order valence-corrected chi connectivity index (χ4v) is 15.1. The third-order valence-corrected chi connectivity index (χ3v) is 21.3. The number of halogens is 6. The largest absolute Gasteiger partial charge is 0.459 e. The maximum Gasteiger partial charge on any atom is 0.408 e. The van der Waals surface area contributed by atoms with Crippen LogP contribution >= 0.6 is 106 Å². The smallest absolute Gasteiger partial charge is 0.408 e. The molecular weight excluding hydrogens is 1670 g/mol. The van der Waals surface area contributed by atoms with Crippen molar-refractivity contribution in [3.63, 3.8) is 0 Å². The highest BCUT2D eigenvalue weighted by Crippen LogP contribution is 2.44. The molecule has 0 spiro atoms. The van der Waals surface area contributed by atoms with Crippen LogP contribution < -0.4 is 57.7 Å². The zero-order valence-corrected chi connectivity index (χ0v) is 70.7. The summed E-state index contributed by atoms with van der Waals surface area (Å²) in [5.74, 6) is -4.25. The van der Waals surface area contributed by atoms with Crippen LogP contribution in [0.2, 0.25) is 30.1 Å². The van der Waals surface area contributed by atoms with Crippen molar-refractivity contribution in [1.29, 1.82) is 0 Å². The van der Waals surface area contributed by atoms with Crippen molar-refractivity contribution in [2.45, 2.75) is 148 Å². The molecule has 0 unspecified atom stereocenters. The first-order valence-electron chi connectivity index (χ1n) is 35.1. The lowest BCUT2D eigenvalue weighted by Gasteiger charge is -2.30. The standard InChI is InChI=1S/C35H34Cl2N4O6S.2C23H21Cl2N5O3S/c1-34(2,3)47-32(45)39-29(30(43)46-20-21-10-8-7-9-11-21)19-25(42)17-22-16-24(12-14-26(22)36)41-33(48)40(31(44)35(41,4)5)23-13-15-28(38-6)27(37)18-23;1-23(2)21(33)29(13-5-7-19(28-3)17(25)10-13)22(34)30(23)14-4-6-16(24)12(8-14)9-15(31)11-18(26)20(27)32;1-23(2)21(33)29(13-5-7-18(28-3)16(25)10-13)22(34)30(23)14-4-6-15(24)12(8-14)9-19(31)17(26)11-20(27)32/h7-16,18,29H,17,19-20H2,1-5H3,(H,39,45);4-8,10,18H,9,11,26H2,1-2H3,(H2,27,32);4-8,10,17H,9,11,26H2,1-2H3,(H2,27,32)/t29-;18-;17-/m000/s1. The Bertz CT molecular complexity index is 5340. The summed E-state index contributed by atoms with van der Waals surface area (Å²) in [4.78, 5) is 146. The SMILES string of the molecule is [C-]#[N+]c1ccc(N2C(=O)C(C)(C)N(c3ccc(Cl)c(CC(=O)C[C@H](N)C(N)=O)c3)C2=S)cc1Cl.[C-]#[N+]c1ccc(N2C(=O)C(C)(C)N(c3ccc(Cl)c(CC(=O)C[C@H](NC(=O)OC(C)(C)C)C(=O)OCc4ccccc4)c3)C2=S)cc1Cl.[C-]#[N+]c1ccc(N2C(=O)C(C)(C)N(c3ccc(Cl)c(CC(=O)[C@@H](N)CC(N)=O)c3)C2=S)cc1Cl. The van der Waals surface area contributed by atoms with Crippen LogP contribution in [0.1, 0.15) is 104 Å². The molecule has 0 aromatic heterocycles. The molecule has 9 N–H and O–H groups in total. The van der Waals surface area contributed by atoms with Gasteiger partial charge in [0, 0.05) is 85.7 Å². The van der Waals surface area contributed by atoms with Crippen LogP contribution in [-0.2, 0) is 78.5 Å². The summed E-state index contributed by atoms with van der Waals surface area (Å²) in [5, 5.41) is 4.60. The summed E-state index contributed by atoms with van der Waals surface area (Å²) in [6, 6.07) is 34.4. The van der Waals surface area contributed by atoms with Crippen LogP contribution in [0.25, 0.3) is 14.5 Å². The summed E-state index contributed by atoms with van der Waals surface area (Å²) in [5.41, 5.74) is 23.3. The number of benzene rings is 7. The molecule has 7 aromatic rings. The summed E-state index contributed by atoms with van der Waals surface area (Å²) in [6.45, 7) is 36.9. The van der Waals surface area contributed by atoms with Gasteiger partial charge in [0.1, 0.15) is 46.4 Å². The molecule has 116 heavy (non-hydrogen) atoms. The number of anilines is 6. The van der Waals surface area contributed by atoms with E-state index in [0.717, 1.165) is 5.56 Å². The number of thiocarbonyl (C=S) groups is 3. The van der Waals surface area contributed by atoms with E-state index in [1.807, 2.05) is 6.07 Å². The molecule has 0 saturated carbocycles. The second-order valence-electron chi connectivity index (χ2n) is 29.1. The van der Waals surface area contributed by atoms with Crippen molar-refractivity contribution in [3.05, 3.63) is 226 Å². The van der Waals surface area contributed by atoms with Crippen LogP contribution in [0.5, 0.6) is 0 Å². The maximum absolute atomic E-state index is 13.6. The molecule has 35 heteroatoms. The molecule has 6 amide bonds. The number of carbonyl (C=O) groups is 10. The number of hydrogen-bond donors (Lipinski definition) is 5. The number of Topliss-reactive ketones (excluding diaryl/α,β-unsaturated/α-hetero) is 3. The van der Waals surface area contributed by atoms with Gasteiger partial charge in [-0.3, -0.25) is 53.1 Å². The van der Waals surface area contributed by atoms with Crippen LogP contribution in [0.4, 0.5) is 56.0 Å². The van der Waals surface area contributed by atoms with E-state index in [-0.39, 0.29) is 115 Å². The van der Waals surface area contributed by atoms with Crippen molar-refractivity contribution in [2.75, 3.05) is 29.4 Å². The van der Waals surface area contributed by atoms with Gasteiger partial charge in [-0.1, -0.05) is 118 Å². The Hall–Kier alpha value is -10.6. The van der Waals surface area contributed by atoms with Crippen LogP contribution in [0.15, 0.2) is 140 Å². The fraction of sp³-hybridized carbons (Fsp3) is 0.284. The van der Waals surface area contributed by atoms with Crippen molar-refractivity contribution < 1.29 is 57.4 Å². The van der Waals surface area contributed by atoms with Crippen LogP contribution in [0, 0.1) is 19.7 Å². The molecule has 3 heterocycles. The number of esters is 1. The monoisotopic (exact) mass is 1740 g/mol. The molecule has 3 aliphatic heterocycles. The van der Waals surface area contributed by atoms with E-state index in [2.05, 4.69) is 19.9 Å². The average molecular weight is 1750 g/mol. The molecule has 10 rings (SSSR count). The number of nitrogens with zero attached hydrogens (tertiary/aromatic N) is 9. The quantitative estimate of drug-likeness (QED) is 0.0213. The summed E-state index contributed by atoms with van der Waals surface area (Å²) < 4.78 is 10.7. The number of primary amides is 2. The van der Waals surface area contributed by atoms with Gasteiger partial charge in [0.05, 0.1) is 48.9 Å². The topological polar surface area (TPSA) is 338 Å². The molecule has 3 aliphatic rings. The number of alkyl carbamates (subject to hydrolysis) is 1. The summed E-state index contributed by atoms with van der Waals surface area (Å²) >= 11 is 54.9. The van der Waals surface area contributed by atoms with Crippen molar-refractivity contribution in [2.24, 2.45) is 22.9 Å². The Morgan fingerprint density at radius 1 is 0.474 bits per heavy atom. The third-order valence-electron chi connectivity index (χ3n) is 18.2. The fourth-order valence-electron chi connectivity index (χ4n) is 12.3. The van der Waals surface area contributed by atoms with Gasteiger partial charge in [-0.05, 0) is 212 Å². The van der Waals surface area contributed by atoms with E-state index in [4.69, 9.17) is 158 Å². The first-order chi connectivity index (χ1) is 54.3. The van der Waals surface area contributed by atoms with Gasteiger partial charge in [0.2, 0.25) is 28.9 Å². The minimum Gasteiger partial charge on any atom is -0.459 e. The lowest BCUT2D eigenvalue weighted by atomic mass is 9.99. The first-order valence-corrected chi connectivity index (χ1v) is 38.5. The van der Waals surface area contributed by atoms with Crippen molar-refractivity contribution >= 4 is 232 Å². The van der Waals surface area contributed by atoms with Gasteiger partial charge in [0.15, 0.2) is 21.1 Å². The molecule has 0 bridgehead atoms. The second kappa shape index (κ2) is 37.6. The Kier molecular flexibility index (Phi) is 29.5. The molecule has 3 fully saturated rings. The first kappa shape index (κ1) is 91.0. The summed E-state index contributed by atoms with van der Waals surface area (Å²) in [7, 11) is 0. The van der Waals surface area contributed by atoms with Gasteiger partial charge in [-0.2, -0.15) is 0 Å². The molecular formula is C81H76Cl6N14O12S3. The van der Waals surface area contributed by atoms with Crippen molar-refractivity contribution in [3.8, 4) is 0 Å². The number of amides is 6. The third kappa shape index (κ3) is 21.0.